The fourth-order valence-corrected chi connectivity index (χ4v) is 3.77. The highest BCUT2D eigenvalue weighted by atomic mass is 19.1. The first kappa shape index (κ1) is 22.2. The Morgan fingerprint density at radius 3 is 2.21 bits per heavy atom. The van der Waals surface area contributed by atoms with Gasteiger partial charge in [0.1, 0.15) is 5.82 Å². The first-order valence-electron chi connectivity index (χ1n) is 10.7. The number of aryl methyl sites for hydroxylation is 2. The molecule has 0 atom stereocenters. The Balaban J connectivity index is 1.56. The molecule has 6 nitrogen and oxygen atoms in total. The molecule has 4 rings (SSSR count). The highest BCUT2D eigenvalue weighted by Crippen LogP contribution is 2.13. The highest BCUT2D eigenvalue weighted by Gasteiger charge is 2.14. The van der Waals surface area contributed by atoms with Crippen LogP contribution in [0.2, 0.25) is 0 Å². The predicted molar refractivity (Wildman–Crippen MR) is 126 cm³/mol. The second-order valence-corrected chi connectivity index (χ2v) is 7.98. The zero-order valence-electron chi connectivity index (χ0n) is 18.3. The molecule has 0 fully saturated rings. The Morgan fingerprint density at radius 2 is 1.52 bits per heavy atom. The number of carbonyl (C=O) groups is 1. The van der Waals surface area contributed by atoms with E-state index < -0.39 is 11.1 Å². The minimum absolute atomic E-state index is 0.0145. The van der Waals surface area contributed by atoms with Crippen LogP contribution in [0.5, 0.6) is 0 Å². The van der Waals surface area contributed by atoms with Crippen molar-refractivity contribution in [3.63, 3.8) is 0 Å². The maximum Gasteiger partial charge on any atom is 0.317 e. The van der Waals surface area contributed by atoms with Crippen molar-refractivity contribution in [3.8, 4) is 0 Å². The summed E-state index contributed by atoms with van der Waals surface area (Å²) in [4.78, 5) is 38.2. The van der Waals surface area contributed by atoms with Gasteiger partial charge in [-0.15, -0.1) is 0 Å². The van der Waals surface area contributed by atoms with Gasteiger partial charge in [-0.1, -0.05) is 54.1 Å². The lowest BCUT2D eigenvalue weighted by Crippen LogP contribution is -2.42. The van der Waals surface area contributed by atoms with Gasteiger partial charge in [0, 0.05) is 19.5 Å². The number of amides is 1. The molecule has 4 aromatic rings. The fourth-order valence-electron chi connectivity index (χ4n) is 3.77. The number of aromatic nitrogens is 2. The largest absolute Gasteiger partial charge is 0.352 e. The fraction of sp³-hybridized carbons (Fsp3) is 0.192. The zero-order valence-corrected chi connectivity index (χ0v) is 18.3. The van der Waals surface area contributed by atoms with Crippen LogP contribution in [-0.4, -0.2) is 15.0 Å². The van der Waals surface area contributed by atoms with Gasteiger partial charge >= 0.3 is 11.1 Å². The molecule has 0 radical (unpaired) electrons. The number of carbonyl (C=O) groups excluding carboxylic acids is 1. The molecular weight excluding hydrogens is 421 g/mol. The van der Waals surface area contributed by atoms with Crippen LogP contribution in [0.25, 0.3) is 11.0 Å². The number of halogens is 1. The van der Waals surface area contributed by atoms with E-state index in [4.69, 9.17) is 0 Å². The molecule has 1 amide bonds. The molecular formula is C26H24FN3O3. The number of rotatable bonds is 7. The summed E-state index contributed by atoms with van der Waals surface area (Å²) in [7, 11) is 0. The van der Waals surface area contributed by atoms with E-state index in [1.165, 1.54) is 21.3 Å². The molecule has 7 heteroatoms. The molecule has 0 spiro atoms. The number of benzene rings is 3. The molecule has 0 aliphatic carbocycles. The van der Waals surface area contributed by atoms with Gasteiger partial charge in [0.25, 0.3) is 0 Å². The Kier molecular flexibility index (Phi) is 6.49. The first-order chi connectivity index (χ1) is 15.9. The minimum atomic E-state index is -0.668. The van der Waals surface area contributed by atoms with Gasteiger partial charge in [-0.05, 0) is 42.3 Å². The monoisotopic (exact) mass is 445 g/mol. The number of nitrogens with zero attached hydrogens (tertiary/aromatic N) is 2. The third kappa shape index (κ3) is 5.09. The van der Waals surface area contributed by atoms with E-state index in [0.29, 0.717) is 16.6 Å². The van der Waals surface area contributed by atoms with Crippen molar-refractivity contribution >= 4 is 16.9 Å². The topological polar surface area (TPSA) is 73.1 Å². The molecule has 33 heavy (non-hydrogen) atoms. The van der Waals surface area contributed by atoms with Crippen LogP contribution in [0.1, 0.15) is 23.1 Å². The Morgan fingerprint density at radius 1 is 0.848 bits per heavy atom. The number of fused-ring (bicyclic) bond motifs is 1. The smallest absolute Gasteiger partial charge is 0.317 e. The molecule has 0 saturated carbocycles. The van der Waals surface area contributed by atoms with E-state index in [1.54, 1.807) is 30.3 Å². The number of hydrogen-bond donors (Lipinski definition) is 1. The van der Waals surface area contributed by atoms with Crippen LogP contribution in [0, 0.1) is 12.7 Å². The van der Waals surface area contributed by atoms with Crippen LogP contribution in [0.3, 0.4) is 0 Å². The highest BCUT2D eigenvalue weighted by molar-refractivity contribution is 5.77. The van der Waals surface area contributed by atoms with E-state index in [1.807, 2.05) is 37.3 Å². The van der Waals surface area contributed by atoms with E-state index in [9.17, 15) is 18.8 Å². The molecule has 1 aromatic heterocycles. The van der Waals surface area contributed by atoms with Crippen molar-refractivity contribution in [2.45, 2.75) is 33.0 Å². The summed E-state index contributed by atoms with van der Waals surface area (Å²) in [6.45, 7) is 2.52. The molecule has 0 bridgehead atoms. The van der Waals surface area contributed by atoms with Crippen LogP contribution >= 0.6 is 0 Å². The van der Waals surface area contributed by atoms with Crippen molar-refractivity contribution in [2.75, 3.05) is 0 Å². The normalized spacial score (nSPS) is 11.0. The lowest BCUT2D eigenvalue weighted by molar-refractivity contribution is -0.121. The molecule has 0 aliphatic rings. The summed E-state index contributed by atoms with van der Waals surface area (Å²) < 4.78 is 16.1. The average molecular weight is 445 g/mol. The van der Waals surface area contributed by atoms with Gasteiger partial charge in [0.2, 0.25) is 5.91 Å². The van der Waals surface area contributed by atoms with Gasteiger partial charge in [0.05, 0.1) is 17.6 Å². The van der Waals surface area contributed by atoms with Gasteiger partial charge in [-0.2, -0.15) is 0 Å². The SMILES string of the molecule is Cc1ccc(Cn2c(=O)c(=O)n(CCC(=O)NCc3cccc(F)c3)c3ccccc32)cc1. The summed E-state index contributed by atoms with van der Waals surface area (Å²) >= 11 is 0. The van der Waals surface area contributed by atoms with E-state index in [0.717, 1.165) is 11.1 Å². The Bertz CT molecular complexity index is 1420. The molecule has 1 heterocycles. The third-order valence-corrected chi connectivity index (χ3v) is 5.54. The second kappa shape index (κ2) is 9.65. The quantitative estimate of drug-likeness (QED) is 0.444. The van der Waals surface area contributed by atoms with E-state index >= 15 is 0 Å². The van der Waals surface area contributed by atoms with Crippen molar-refractivity contribution < 1.29 is 9.18 Å². The van der Waals surface area contributed by atoms with E-state index in [2.05, 4.69) is 5.32 Å². The minimum Gasteiger partial charge on any atom is -0.352 e. The van der Waals surface area contributed by atoms with Crippen LogP contribution in [0.4, 0.5) is 4.39 Å². The number of para-hydroxylation sites is 2. The Labute approximate surface area is 189 Å². The molecule has 0 aliphatic heterocycles. The van der Waals surface area contributed by atoms with Gasteiger partial charge in [-0.3, -0.25) is 19.0 Å². The summed E-state index contributed by atoms with van der Waals surface area (Å²) in [6, 6.07) is 21.0. The summed E-state index contributed by atoms with van der Waals surface area (Å²) in [5, 5.41) is 2.72. The van der Waals surface area contributed by atoms with Crippen molar-refractivity contribution in [1.29, 1.82) is 0 Å². The van der Waals surface area contributed by atoms with Crippen molar-refractivity contribution in [1.82, 2.24) is 14.5 Å². The number of hydrogen-bond acceptors (Lipinski definition) is 3. The van der Waals surface area contributed by atoms with Gasteiger partial charge < -0.3 is 9.88 Å². The van der Waals surface area contributed by atoms with Crippen molar-refractivity contribution in [2.24, 2.45) is 0 Å². The maximum absolute atomic E-state index is 13.3. The predicted octanol–water partition coefficient (Wildman–Crippen LogP) is 3.37. The maximum atomic E-state index is 13.3. The summed E-state index contributed by atoms with van der Waals surface area (Å²) in [5.74, 6) is -0.662. The van der Waals surface area contributed by atoms with Gasteiger partial charge in [0.15, 0.2) is 0 Å². The molecule has 0 saturated heterocycles. The average Bonchev–Trinajstić information content (AvgIpc) is 2.82. The van der Waals surface area contributed by atoms with Crippen molar-refractivity contribution in [3.05, 3.63) is 116 Å². The summed E-state index contributed by atoms with van der Waals surface area (Å²) in [5.41, 5.74) is 2.59. The second-order valence-electron chi connectivity index (χ2n) is 7.98. The molecule has 3 aromatic carbocycles. The van der Waals surface area contributed by atoms with Crippen LogP contribution in [0.15, 0.2) is 82.4 Å². The molecule has 168 valence electrons. The van der Waals surface area contributed by atoms with Crippen LogP contribution < -0.4 is 16.4 Å². The number of nitrogens with one attached hydrogen (secondary N) is 1. The lowest BCUT2D eigenvalue weighted by atomic mass is 10.1. The summed E-state index contributed by atoms with van der Waals surface area (Å²) in [6.07, 6.45) is 0.0145. The zero-order chi connectivity index (χ0) is 23.4. The third-order valence-electron chi connectivity index (χ3n) is 5.54. The standard InChI is InChI=1S/C26H24FN3O3/c1-18-9-11-19(12-10-18)17-30-23-8-3-2-7-22(23)29(25(32)26(30)33)14-13-24(31)28-16-20-5-4-6-21(27)15-20/h2-12,15H,13-14,16-17H2,1H3,(H,28,31). The van der Waals surface area contributed by atoms with Gasteiger partial charge in [-0.25, -0.2) is 4.39 Å². The van der Waals surface area contributed by atoms with E-state index in [-0.39, 0.29) is 37.8 Å². The van der Waals surface area contributed by atoms with Crippen LogP contribution in [-0.2, 0) is 24.4 Å². The first-order valence-corrected chi connectivity index (χ1v) is 10.7. The Hall–Kier alpha value is -4.00. The lowest BCUT2D eigenvalue weighted by Gasteiger charge is -2.15. The molecule has 0 unspecified atom stereocenters. The molecule has 1 N–H and O–H groups in total.